The summed E-state index contributed by atoms with van der Waals surface area (Å²) in [5.74, 6) is 0.679. The molecule has 132 valence electrons. The molecule has 1 fully saturated rings. The second-order valence-electron chi connectivity index (χ2n) is 6.13. The van der Waals surface area contributed by atoms with Gasteiger partial charge in [-0.2, -0.15) is 0 Å². The number of hydrogen-bond acceptors (Lipinski definition) is 5. The number of rotatable bonds is 10. The Labute approximate surface area is 143 Å². The van der Waals surface area contributed by atoms with Gasteiger partial charge in [-0.1, -0.05) is 0 Å². The first-order valence-corrected chi connectivity index (χ1v) is 8.74. The molecule has 5 nitrogen and oxygen atoms in total. The van der Waals surface area contributed by atoms with Crippen molar-refractivity contribution in [1.82, 2.24) is 4.90 Å². The molecule has 0 N–H and O–H groups in total. The quantitative estimate of drug-likeness (QED) is 0.374. The van der Waals surface area contributed by atoms with E-state index in [0.29, 0.717) is 37.9 Å². The lowest BCUT2D eigenvalue weighted by Gasteiger charge is -2.15. The molecule has 5 heteroatoms. The number of ether oxygens (including phenoxy) is 2. The third kappa shape index (κ3) is 6.32. The zero-order valence-corrected chi connectivity index (χ0v) is 14.5. The summed E-state index contributed by atoms with van der Waals surface area (Å²) in [4.78, 5) is 25.5. The Kier molecular flexibility index (Phi) is 7.75. The van der Waals surface area contributed by atoms with Crippen molar-refractivity contribution in [1.29, 1.82) is 0 Å². The van der Waals surface area contributed by atoms with Crippen molar-refractivity contribution in [2.24, 2.45) is 0 Å². The van der Waals surface area contributed by atoms with E-state index in [2.05, 4.69) is 9.64 Å². The summed E-state index contributed by atoms with van der Waals surface area (Å²) in [7, 11) is 1.38. The Morgan fingerprint density at radius 2 is 1.71 bits per heavy atom. The number of nitrogens with zero attached hydrogens (tertiary/aromatic N) is 1. The van der Waals surface area contributed by atoms with Crippen LogP contribution in [0.15, 0.2) is 24.3 Å². The molecule has 1 aliphatic rings. The van der Waals surface area contributed by atoms with Gasteiger partial charge in [-0.15, -0.1) is 0 Å². The van der Waals surface area contributed by atoms with Gasteiger partial charge < -0.3 is 9.47 Å². The zero-order chi connectivity index (χ0) is 17.2. The Morgan fingerprint density at radius 3 is 2.38 bits per heavy atom. The second-order valence-corrected chi connectivity index (χ2v) is 6.13. The Bertz CT molecular complexity index is 521. The highest BCUT2D eigenvalue weighted by Crippen LogP contribution is 2.15. The van der Waals surface area contributed by atoms with E-state index in [1.807, 2.05) is 24.3 Å². The topological polar surface area (TPSA) is 55.8 Å². The smallest absolute Gasteiger partial charge is 0.305 e. The largest absolute Gasteiger partial charge is 0.492 e. The highest BCUT2D eigenvalue weighted by Gasteiger charge is 2.11. The van der Waals surface area contributed by atoms with E-state index in [4.69, 9.17) is 4.74 Å². The number of likely N-dealkylation sites (tertiary alicyclic amines) is 1. The molecule has 0 unspecified atom stereocenters. The summed E-state index contributed by atoms with van der Waals surface area (Å²) in [6.07, 6.45) is 4.77. The van der Waals surface area contributed by atoms with Crippen molar-refractivity contribution in [3.8, 4) is 5.75 Å². The maximum absolute atomic E-state index is 12.1. The van der Waals surface area contributed by atoms with Gasteiger partial charge in [-0.25, -0.2) is 0 Å². The molecule has 0 radical (unpaired) electrons. The van der Waals surface area contributed by atoms with E-state index in [1.54, 1.807) is 0 Å². The van der Waals surface area contributed by atoms with Crippen LogP contribution in [0, 0.1) is 0 Å². The van der Waals surface area contributed by atoms with E-state index in [1.165, 1.54) is 33.0 Å². The molecule has 24 heavy (non-hydrogen) atoms. The van der Waals surface area contributed by atoms with Crippen molar-refractivity contribution in [2.75, 3.05) is 33.4 Å². The zero-order valence-electron chi connectivity index (χ0n) is 14.5. The molecule has 0 atom stereocenters. The summed E-state index contributed by atoms with van der Waals surface area (Å²) in [6.45, 7) is 3.99. The summed E-state index contributed by atoms with van der Waals surface area (Å²) >= 11 is 0. The normalized spacial score (nSPS) is 14.5. The molecule has 0 bridgehead atoms. The highest BCUT2D eigenvalue weighted by atomic mass is 16.5. The van der Waals surface area contributed by atoms with Gasteiger partial charge in [-0.3, -0.25) is 14.5 Å². The van der Waals surface area contributed by atoms with Gasteiger partial charge in [0.05, 0.1) is 7.11 Å². The molecule has 0 aliphatic carbocycles. The third-order valence-corrected chi connectivity index (χ3v) is 4.31. The van der Waals surface area contributed by atoms with Crippen LogP contribution in [-0.4, -0.2) is 50.0 Å². The number of methoxy groups -OCH3 is 1. The van der Waals surface area contributed by atoms with Gasteiger partial charge in [0.1, 0.15) is 12.4 Å². The Hall–Kier alpha value is -1.88. The molecule has 1 saturated heterocycles. The Morgan fingerprint density at radius 1 is 1.04 bits per heavy atom. The number of carbonyl (C=O) groups excluding carboxylic acids is 2. The number of unbranched alkanes of at least 4 members (excludes halogenated alkanes) is 1. The van der Waals surface area contributed by atoms with E-state index in [9.17, 15) is 9.59 Å². The minimum atomic E-state index is -0.224. The minimum Gasteiger partial charge on any atom is -0.492 e. The first-order valence-electron chi connectivity index (χ1n) is 8.74. The maximum Gasteiger partial charge on any atom is 0.305 e. The lowest BCUT2D eigenvalue weighted by molar-refractivity contribution is -0.140. The van der Waals surface area contributed by atoms with Crippen molar-refractivity contribution >= 4 is 11.8 Å². The summed E-state index contributed by atoms with van der Waals surface area (Å²) in [5, 5.41) is 0. The number of Topliss-reactive ketones (excluding diaryl/α,β-unsaturated/α-hetero) is 1. The summed E-state index contributed by atoms with van der Waals surface area (Å²) in [5.41, 5.74) is 0.694. The Balaban J connectivity index is 1.66. The summed E-state index contributed by atoms with van der Waals surface area (Å²) < 4.78 is 10.3. The lowest BCUT2D eigenvalue weighted by Crippen LogP contribution is -2.25. The van der Waals surface area contributed by atoms with Crippen LogP contribution in [0.2, 0.25) is 0 Å². The average molecular weight is 333 g/mol. The lowest BCUT2D eigenvalue weighted by atomic mass is 10.0. The van der Waals surface area contributed by atoms with E-state index < -0.39 is 0 Å². The fraction of sp³-hybridized carbons (Fsp3) is 0.579. The molecule has 1 heterocycles. The number of esters is 1. The van der Waals surface area contributed by atoms with Crippen LogP contribution < -0.4 is 4.74 Å². The SMILES string of the molecule is COC(=O)CCCCC(=O)c1ccc(OCCN2CCCC2)cc1. The van der Waals surface area contributed by atoms with E-state index >= 15 is 0 Å². The van der Waals surface area contributed by atoms with Crippen LogP contribution >= 0.6 is 0 Å². The van der Waals surface area contributed by atoms with Gasteiger partial charge in [0.15, 0.2) is 5.78 Å². The molecular formula is C19H27NO4. The van der Waals surface area contributed by atoms with Gasteiger partial charge in [0, 0.05) is 24.9 Å². The molecular weight excluding hydrogens is 306 g/mol. The van der Waals surface area contributed by atoms with Crippen LogP contribution in [-0.2, 0) is 9.53 Å². The molecule has 1 aromatic rings. The highest BCUT2D eigenvalue weighted by molar-refractivity contribution is 5.96. The fourth-order valence-electron chi connectivity index (χ4n) is 2.84. The maximum atomic E-state index is 12.1. The monoisotopic (exact) mass is 333 g/mol. The van der Waals surface area contributed by atoms with Crippen molar-refractivity contribution in [3.63, 3.8) is 0 Å². The van der Waals surface area contributed by atoms with Crippen molar-refractivity contribution in [3.05, 3.63) is 29.8 Å². The predicted octanol–water partition coefficient (Wildman–Crippen LogP) is 3.08. The standard InChI is InChI=1S/C19H27NO4/c1-23-19(22)7-3-2-6-18(21)16-8-10-17(11-9-16)24-15-14-20-12-4-5-13-20/h8-11H,2-7,12-15H2,1H3. The van der Waals surface area contributed by atoms with E-state index in [-0.39, 0.29) is 11.8 Å². The minimum absolute atomic E-state index is 0.100. The number of ketones is 1. The molecule has 0 saturated carbocycles. The van der Waals surface area contributed by atoms with Crippen LogP contribution in [0.5, 0.6) is 5.75 Å². The fourth-order valence-corrected chi connectivity index (χ4v) is 2.84. The van der Waals surface area contributed by atoms with Crippen LogP contribution in [0.3, 0.4) is 0 Å². The first kappa shape index (κ1) is 18.5. The second kappa shape index (κ2) is 10.1. The molecule has 0 aromatic heterocycles. The molecule has 1 aliphatic heterocycles. The average Bonchev–Trinajstić information content (AvgIpc) is 3.12. The molecule has 1 aromatic carbocycles. The number of benzene rings is 1. The number of hydrogen-bond donors (Lipinski definition) is 0. The number of carbonyl (C=O) groups is 2. The van der Waals surface area contributed by atoms with Crippen molar-refractivity contribution in [2.45, 2.75) is 38.5 Å². The summed E-state index contributed by atoms with van der Waals surface area (Å²) in [6, 6.07) is 7.33. The molecule has 0 amide bonds. The van der Waals surface area contributed by atoms with Gasteiger partial charge in [-0.05, 0) is 63.0 Å². The third-order valence-electron chi connectivity index (χ3n) is 4.31. The van der Waals surface area contributed by atoms with Gasteiger partial charge in [0.2, 0.25) is 0 Å². The van der Waals surface area contributed by atoms with Crippen LogP contribution in [0.4, 0.5) is 0 Å². The first-order chi connectivity index (χ1) is 11.7. The molecule has 0 spiro atoms. The van der Waals surface area contributed by atoms with Crippen LogP contribution in [0.25, 0.3) is 0 Å². The van der Waals surface area contributed by atoms with E-state index in [0.717, 1.165) is 12.3 Å². The van der Waals surface area contributed by atoms with Crippen LogP contribution in [0.1, 0.15) is 48.9 Å². The van der Waals surface area contributed by atoms with Gasteiger partial charge >= 0.3 is 5.97 Å². The van der Waals surface area contributed by atoms with Crippen molar-refractivity contribution < 1.29 is 19.1 Å². The molecule has 2 rings (SSSR count). The van der Waals surface area contributed by atoms with Gasteiger partial charge in [0.25, 0.3) is 0 Å². The predicted molar refractivity (Wildman–Crippen MR) is 92.4 cm³/mol.